The molecule has 1 aliphatic rings. The highest BCUT2D eigenvalue weighted by Gasteiger charge is 2.19. The Morgan fingerprint density at radius 2 is 1.79 bits per heavy atom. The second kappa shape index (κ2) is 4.36. The minimum absolute atomic E-state index is 0.0160. The van der Waals surface area contributed by atoms with Gasteiger partial charge >= 0.3 is 0 Å². The minimum Gasteiger partial charge on any atom is -0.290 e. The maximum atomic E-state index is 11.5. The SMILES string of the molecule is CC(C)CC(C)C1=CC(=O)C=CC1=O. The Balaban J connectivity index is 2.76. The average Bonchev–Trinajstić information content (AvgIpc) is 2.08. The molecule has 0 spiro atoms. The second-order valence-electron chi connectivity index (χ2n) is 4.23. The topological polar surface area (TPSA) is 34.1 Å². The van der Waals surface area contributed by atoms with Crippen molar-refractivity contribution < 1.29 is 9.59 Å². The molecule has 1 atom stereocenters. The maximum Gasteiger partial charge on any atom is 0.182 e. The predicted octanol–water partition coefficient (Wildman–Crippen LogP) is 2.30. The Morgan fingerprint density at radius 1 is 1.14 bits per heavy atom. The van der Waals surface area contributed by atoms with Gasteiger partial charge in [-0.15, -0.1) is 0 Å². The van der Waals surface area contributed by atoms with E-state index >= 15 is 0 Å². The largest absolute Gasteiger partial charge is 0.290 e. The van der Waals surface area contributed by atoms with E-state index in [4.69, 9.17) is 0 Å². The van der Waals surface area contributed by atoms with Crippen molar-refractivity contribution in [3.05, 3.63) is 23.8 Å². The molecule has 1 rings (SSSR count). The summed E-state index contributed by atoms with van der Waals surface area (Å²) in [5.74, 6) is 0.629. The molecule has 14 heavy (non-hydrogen) atoms. The summed E-state index contributed by atoms with van der Waals surface area (Å²) in [5, 5.41) is 0. The normalized spacial score (nSPS) is 18.7. The van der Waals surface area contributed by atoms with Crippen LogP contribution in [0, 0.1) is 11.8 Å². The fourth-order valence-electron chi connectivity index (χ4n) is 1.75. The van der Waals surface area contributed by atoms with Crippen molar-refractivity contribution in [3.63, 3.8) is 0 Å². The van der Waals surface area contributed by atoms with Crippen molar-refractivity contribution in [2.75, 3.05) is 0 Å². The lowest BCUT2D eigenvalue weighted by Crippen LogP contribution is -2.15. The Bertz CT molecular complexity index is 308. The van der Waals surface area contributed by atoms with Crippen LogP contribution in [0.1, 0.15) is 27.2 Å². The molecular weight excluding hydrogens is 176 g/mol. The highest BCUT2D eigenvalue weighted by atomic mass is 16.1. The summed E-state index contributed by atoms with van der Waals surface area (Å²) in [5.41, 5.74) is 0.659. The van der Waals surface area contributed by atoms with Gasteiger partial charge < -0.3 is 0 Å². The monoisotopic (exact) mass is 192 g/mol. The Labute approximate surface area is 84.7 Å². The number of rotatable bonds is 3. The quantitative estimate of drug-likeness (QED) is 0.643. The summed E-state index contributed by atoms with van der Waals surface area (Å²) in [6.07, 6.45) is 5.11. The fraction of sp³-hybridized carbons (Fsp3) is 0.500. The molecule has 0 bridgehead atoms. The lowest BCUT2D eigenvalue weighted by Gasteiger charge is -2.17. The summed E-state index contributed by atoms with van der Waals surface area (Å²) in [7, 11) is 0. The zero-order valence-corrected chi connectivity index (χ0v) is 8.91. The van der Waals surface area contributed by atoms with E-state index in [0.717, 1.165) is 6.42 Å². The molecular formula is C12H16O2. The fourth-order valence-corrected chi connectivity index (χ4v) is 1.75. The molecule has 2 nitrogen and oxygen atoms in total. The molecule has 0 amide bonds. The maximum absolute atomic E-state index is 11.5. The zero-order chi connectivity index (χ0) is 10.7. The summed E-state index contributed by atoms with van der Waals surface area (Å²) >= 11 is 0. The van der Waals surface area contributed by atoms with Crippen LogP contribution >= 0.6 is 0 Å². The van der Waals surface area contributed by atoms with Gasteiger partial charge in [0, 0.05) is 5.57 Å². The van der Waals surface area contributed by atoms with Crippen molar-refractivity contribution in [1.82, 2.24) is 0 Å². The molecule has 0 saturated heterocycles. The van der Waals surface area contributed by atoms with E-state index in [0.29, 0.717) is 11.5 Å². The standard InChI is InChI=1S/C12H16O2/c1-8(2)6-9(3)11-7-10(13)4-5-12(11)14/h4-5,7-9H,6H2,1-3H3. The Kier molecular flexibility index (Phi) is 3.39. The zero-order valence-electron chi connectivity index (χ0n) is 8.91. The number of hydrogen-bond donors (Lipinski definition) is 0. The van der Waals surface area contributed by atoms with Crippen LogP contribution in [-0.4, -0.2) is 11.6 Å². The van der Waals surface area contributed by atoms with Crippen LogP contribution in [-0.2, 0) is 9.59 Å². The van der Waals surface area contributed by atoms with E-state index in [2.05, 4.69) is 13.8 Å². The van der Waals surface area contributed by atoms with Gasteiger partial charge in [-0.1, -0.05) is 20.8 Å². The Hall–Kier alpha value is -1.18. The molecule has 76 valence electrons. The minimum atomic E-state index is -0.0739. The van der Waals surface area contributed by atoms with Crippen molar-refractivity contribution in [2.24, 2.45) is 11.8 Å². The highest BCUT2D eigenvalue weighted by molar-refractivity contribution is 6.17. The van der Waals surface area contributed by atoms with Gasteiger partial charge in [-0.2, -0.15) is 0 Å². The number of carbonyl (C=O) groups is 2. The first kappa shape index (κ1) is 10.9. The molecule has 1 aliphatic carbocycles. The Morgan fingerprint density at radius 3 is 2.36 bits per heavy atom. The van der Waals surface area contributed by atoms with Crippen molar-refractivity contribution in [3.8, 4) is 0 Å². The first-order valence-electron chi connectivity index (χ1n) is 4.98. The van der Waals surface area contributed by atoms with Gasteiger partial charge in [-0.05, 0) is 36.5 Å². The van der Waals surface area contributed by atoms with Crippen LogP contribution < -0.4 is 0 Å². The number of allylic oxidation sites excluding steroid dienone is 4. The van der Waals surface area contributed by atoms with Gasteiger partial charge in [0.1, 0.15) is 0 Å². The first-order valence-corrected chi connectivity index (χ1v) is 4.98. The summed E-state index contributed by atoms with van der Waals surface area (Å²) < 4.78 is 0. The highest BCUT2D eigenvalue weighted by Crippen LogP contribution is 2.22. The van der Waals surface area contributed by atoms with E-state index in [1.165, 1.54) is 18.2 Å². The summed E-state index contributed by atoms with van der Waals surface area (Å²) in [4.78, 5) is 22.5. The van der Waals surface area contributed by atoms with Gasteiger partial charge in [0.15, 0.2) is 11.6 Å². The van der Waals surface area contributed by atoms with E-state index < -0.39 is 0 Å². The lowest BCUT2D eigenvalue weighted by atomic mass is 9.87. The molecule has 0 fully saturated rings. The van der Waals surface area contributed by atoms with Crippen molar-refractivity contribution >= 4 is 11.6 Å². The van der Waals surface area contributed by atoms with Crippen LogP contribution in [0.15, 0.2) is 23.8 Å². The molecule has 0 aliphatic heterocycles. The molecule has 0 aromatic carbocycles. The number of ketones is 2. The van der Waals surface area contributed by atoms with Crippen LogP contribution in [0.25, 0.3) is 0 Å². The second-order valence-corrected chi connectivity index (χ2v) is 4.23. The van der Waals surface area contributed by atoms with E-state index in [1.54, 1.807) is 0 Å². The molecule has 0 aromatic rings. The molecule has 0 saturated carbocycles. The number of carbonyl (C=O) groups excluding carboxylic acids is 2. The van der Waals surface area contributed by atoms with Gasteiger partial charge in [0.25, 0.3) is 0 Å². The summed E-state index contributed by atoms with van der Waals surface area (Å²) in [6, 6.07) is 0. The van der Waals surface area contributed by atoms with Crippen LogP contribution in [0.4, 0.5) is 0 Å². The molecule has 2 heteroatoms. The van der Waals surface area contributed by atoms with Gasteiger partial charge in [-0.25, -0.2) is 0 Å². The molecule has 0 aromatic heterocycles. The third-order valence-corrected chi connectivity index (χ3v) is 2.34. The lowest BCUT2D eigenvalue weighted by molar-refractivity contribution is -0.115. The van der Waals surface area contributed by atoms with Gasteiger partial charge in [0.05, 0.1) is 0 Å². The van der Waals surface area contributed by atoms with Crippen LogP contribution in [0.2, 0.25) is 0 Å². The van der Waals surface area contributed by atoms with Gasteiger partial charge in [0.2, 0.25) is 0 Å². The van der Waals surface area contributed by atoms with Crippen molar-refractivity contribution in [1.29, 1.82) is 0 Å². The summed E-state index contributed by atoms with van der Waals surface area (Å²) in [6.45, 7) is 6.22. The van der Waals surface area contributed by atoms with E-state index in [9.17, 15) is 9.59 Å². The van der Waals surface area contributed by atoms with Crippen LogP contribution in [0.3, 0.4) is 0 Å². The molecule has 1 unspecified atom stereocenters. The predicted molar refractivity (Wildman–Crippen MR) is 55.9 cm³/mol. The first-order chi connectivity index (χ1) is 6.50. The third-order valence-electron chi connectivity index (χ3n) is 2.34. The smallest absolute Gasteiger partial charge is 0.182 e. The third kappa shape index (κ3) is 2.66. The molecule has 0 radical (unpaired) electrons. The van der Waals surface area contributed by atoms with Crippen LogP contribution in [0.5, 0.6) is 0 Å². The number of hydrogen-bond acceptors (Lipinski definition) is 2. The van der Waals surface area contributed by atoms with E-state index in [1.807, 2.05) is 6.92 Å². The average molecular weight is 192 g/mol. The van der Waals surface area contributed by atoms with Gasteiger partial charge in [-0.3, -0.25) is 9.59 Å². The van der Waals surface area contributed by atoms with E-state index in [-0.39, 0.29) is 17.5 Å². The van der Waals surface area contributed by atoms with Crippen molar-refractivity contribution in [2.45, 2.75) is 27.2 Å². The molecule has 0 heterocycles. The molecule has 0 N–H and O–H groups in total.